The van der Waals surface area contributed by atoms with Gasteiger partial charge in [0, 0.05) is 55.8 Å². The number of carbonyl (C=O) groups excluding carboxylic acids is 1. The number of carbonyl (C=O) groups is 1. The molecule has 0 saturated carbocycles. The molecule has 0 unspecified atom stereocenters. The van der Waals surface area contributed by atoms with Gasteiger partial charge in [-0.25, -0.2) is 0 Å². The Hall–Kier alpha value is -1.14. The number of hydrogen-bond donors (Lipinski definition) is 1. The third-order valence-corrected chi connectivity index (χ3v) is 5.24. The van der Waals surface area contributed by atoms with Crippen molar-refractivity contribution in [3.63, 3.8) is 0 Å². The van der Waals surface area contributed by atoms with Crippen molar-refractivity contribution in [1.82, 2.24) is 14.7 Å². The lowest BCUT2D eigenvalue weighted by atomic mass is 9.96. The molecule has 0 aromatic heterocycles. The fraction of sp³-hybridized carbons (Fsp3) is 0.632. The predicted molar refractivity (Wildman–Crippen MR) is 102 cm³/mol. The molecule has 25 heavy (non-hydrogen) atoms. The quantitative estimate of drug-likeness (QED) is 0.798. The zero-order valence-corrected chi connectivity index (χ0v) is 16.5. The zero-order valence-electron chi connectivity index (χ0n) is 15.7. The molecule has 0 aliphatic carbocycles. The van der Waals surface area contributed by atoms with Crippen LogP contribution in [0.25, 0.3) is 0 Å². The molecule has 6 heteroatoms. The van der Waals surface area contributed by atoms with Crippen LogP contribution in [0.15, 0.2) is 18.2 Å². The van der Waals surface area contributed by atoms with Gasteiger partial charge >= 0.3 is 0 Å². The minimum absolute atomic E-state index is 0.0110. The van der Waals surface area contributed by atoms with E-state index < -0.39 is 0 Å². The van der Waals surface area contributed by atoms with Crippen molar-refractivity contribution in [1.29, 1.82) is 0 Å². The molecule has 1 aliphatic rings. The number of halogens is 1. The number of hydrogen-bond acceptors (Lipinski definition) is 4. The second kappa shape index (κ2) is 8.99. The van der Waals surface area contributed by atoms with Crippen LogP contribution in [0.5, 0.6) is 0 Å². The molecule has 5 nitrogen and oxygen atoms in total. The van der Waals surface area contributed by atoms with E-state index in [4.69, 9.17) is 11.6 Å². The molecule has 1 fully saturated rings. The van der Waals surface area contributed by atoms with Crippen LogP contribution in [0.3, 0.4) is 0 Å². The summed E-state index contributed by atoms with van der Waals surface area (Å²) in [5, 5.41) is 10.3. The number of likely N-dealkylation sites (N-methyl/N-ethyl adjacent to an activating group) is 2. The molecule has 1 aromatic carbocycles. The maximum atomic E-state index is 12.9. The van der Waals surface area contributed by atoms with Crippen LogP contribution in [-0.2, 0) is 0 Å². The summed E-state index contributed by atoms with van der Waals surface area (Å²) in [5.41, 5.74) is 1.59. The summed E-state index contributed by atoms with van der Waals surface area (Å²) in [7, 11) is 6.23. The Labute approximate surface area is 156 Å². The SMILES string of the molecule is Cc1ccc(Cl)cc1C(=O)N1C[C@@H](CN(C)CCN(C)C)[C@@H](CO)C1. The summed E-state index contributed by atoms with van der Waals surface area (Å²) in [6, 6.07) is 5.42. The third kappa shape index (κ3) is 5.42. The summed E-state index contributed by atoms with van der Waals surface area (Å²) in [6.07, 6.45) is 0. The molecule has 1 aliphatic heterocycles. The molecule has 1 amide bonds. The minimum Gasteiger partial charge on any atom is -0.396 e. The standard InChI is InChI=1S/C19H30ClN3O2/c1-14-5-6-17(20)9-18(14)19(25)23-11-15(16(12-23)13-24)10-22(4)8-7-21(2)3/h5-6,9,15-16,24H,7-8,10-13H2,1-4H3/t15-,16-/m1/s1. The smallest absolute Gasteiger partial charge is 0.254 e. The van der Waals surface area contributed by atoms with Gasteiger partial charge in [0.1, 0.15) is 0 Å². The van der Waals surface area contributed by atoms with Gasteiger partial charge in [-0.05, 0) is 51.7 Å². The number of aryl methyl sites for hydroxylation is 1. The summed E-state index contributed by atoms with van der Waals surface area (Å²) < 4.78 is 0. The normalized spacial score (nSPS) is 20.7. The van der Waals surface area contributed by atoms with E-state index in [1.807, 2.05) is 17.9 Å². The summed E-state index contributed by atoms with van der Waals surface area (Å²) in [6.45, 7) is 6.19. The third-order valence-electron chi connectivity index (χ3n) is 5.00. The van der Waals surface area contributed by atoms with Crippen molar-refractivity contribution in [2.45, 2.75) is 6.92 Å². The Morgan fingerprint density at radius 2 is 1.92 bits per heavy atom. The summed E-state index contributed by atoms with van der Waals surface area (Å²) >= 11 is 6.06. The fourth-order valence-corrected chi connectivity index (χ4v) is 3.55. The van der Waals surface area contributed by atoms with Gasteiger partial charge < -0.3 is 19.8 Å². The predicted octanol–water partition coefficient (Wildman–Crippen LogP) is 1.82. The van der Waals surface area contributed by atoms with Gasteiger partial charge in [0.05, 0.1) is 0 Å². The van der Waals surface area contributed by atoms with E-state index in [9.17, 15) is 9.90 Å². The Kier molecular flexibility index (Phi) is 7.25. The van der Waals surface area contributed by atoms with E-state index in [-0.39, 0.29) is 18.4 Å². The molecule has 0 spiro atoms. The average Bonchev–Trinajstić information content (AvgIpc) is 2.97. The van der Waals surface area contributed by atoms with Crippen molar-refractivity contribution in [3.8, 4) is 0 Å². The van der Waals surface area contributed by atoms with Gasteiger partial charge in [0.15, 0.2) is 0 Å². The van der Waals surface area contributed by atoms with E-state index in [1.54, 1.807) is 12.1 Å². The molecule has 1 N–H and O–H groups in total. The van der Waals surface area contributed by atoms with Gasteiger partial charge in [-0.15, -0.1) is 0 Å². The fourth-order valence-electron chi connectivity index (χ4n) is 3.38. The van der Waals surface area contributed by atoms with Crippen LogP contribution in [-0.4, -0.2) is 86.2 Å². The second-order valence-corrected chi connectivity index (χ2v) is 7.87. The Bertz CT molecular complexity index is 594. The highest BCUT2D eigenvalue weighted by atomic mass is 35.5. The van der Waals surface area contributed by atoms with Crippen LogP contribution in [0.2, 0.25) is 5.02 Å². The number of nitrogens with zero attached hydrogens (tertiary/aromatic N) is 3. The number of aliphatic hydroxyl groups excluding tert-OH is 1. The molecule has 1 saturated heterocycles. The lowest BCUT2D eigenvalue weighted by Gasteiger charge is -2.25. The van der Waals surface area contributed by atoms with E-state index in [0.717, 1.165) is 25.2 Å². The van der Waals surface area contributed by atoms with Gasteiger partial charge in [0.25, 0.3) is 5.91 Å². The van der Waals surface area contributed by atoms with Gasteiger partial charge in [-0.1, -0.05) is 17.7 Å². The molecule has 0 radical (unpaired) electrons. The monoisotopic (exact) mass is 367 g/mol. The van der Waals surface area contributed by atoms with Crippen LogP contribution in [0, 0.1) is 18.8 Å². The van der Waals surface area contributed by atoms with Crippen molar-refractivity contribution in [2.24, 2.45) is 11.8 Å². The average molecular weight is 368 g/mol. The minimum atomic E-state index is 0.0110. The summed E-state index contributed by atoms with van der Waals surface area (Å²) in [4.78, 5) is 19.2. The van der Waals surface area contributed by atoms with Crippen LogP contribution in [0.1, 0.15) is 15.9 Å². The molecule has 1 aromatic rings. The van der Waals surface area contributed by atoms with Crippen molar-refractivity contribution >= 4 is 17.5 Å². The summed E-state index contributed by atoms with van der Waals surface area (Å²) in [5.74, 6) is 0.433. The molecular weight excluding hydrogens is 338 g/mol. The topological polar surface area (TPSA) is 47.0 Å². The maximum Gasteiger partial charge on any atom is 0.254 e. The molecule has 2 atom stereocenters. The number of rotatable bonds is 7. The molecule has 2 rings (SSSR count). The first kappa shape index (κ1) is 20.2. The molecule has 0 bridgehead atoms. The Balaban J connectivity index is 2.02. The first-order valence-corrected chi connectivity index (χ1v) is 9.19. The lowest BCUT2D eigenvalue weighted by molar-refractivity contribution is 0.0778. The molecule has 1 heterocycles. The first-order chi connectivity index (χ1) is 11.8. The van der Waals surface area contributed by atoms with Crippen LogP contribution < -0.4 is 0 Å². The van der Waals surface area contributed by atoms with E-state index in [2.05, 4.69) is 30.9 Å². The Morgan fingerprint density at radius 1 is 1.24 bits per heavy atom. The number of benzene rings is 1. The zero-order chi connectivity index (χ0) is 18.6. The van der Waals surface area contributed by atoms with Crippen molar-refractivity contribution in [2.75, 3.05) is 60.5 Å². The van der Waals surface area contributed by atoms with Crippen LogP contribution >= 0.6 is 11.6 Å². The lowest BCUT2D eigenvalue weighted by Crippen LogP contribution is -2.35. The highest BCUT2D eigenvalue weighted by Gasteiger charge is 2.35. The van der Waals surface area contributed by atoms with Gasteiger partial charge in [0.2, 0.25) is 0 Å². The van der Waals surface area contributed by atoms with E-state index >= 15 is 0 Å². The number of likely N-dealkylation sites (tertiary alicyclic amines) is 1. The van der Waals surface area contributed by atoms with Gasteiger partial charge in [-0.2, -0.15) is 0 Å². The second-order valence-electron chi connectivity index (χ2n) is 7.44. The number of amides is 1. The van der Waals surface area contributed by atoms with E-state index in [0.29, 0.717) is 29.6 Å². The first-order valence-electron chi connectivity index (χ1n) is 8.81. The van der Waals surface area contributed by atoms with Crippen molar-refractivity contribution < 1.29 is 9.90 Å². The van der Waals surface area contributed by atoms with Crippen molar-refractivity contribution in [3.05, 3.63) is 34.3 Å². The Morgan fingerprint density at radius 3 is 2.56 bits per heavy atom. The molecule has 140 valence electrons. The maximum absolute atomic E-state index is 12.9. The highest BCUT2D eigenvalue weighted by molar-refractivity contribution is 6.31. The largest absolute Gasteiger partial charge is 0.396 e. The highest BCUT2D eigenvalue weighted by Crippen LogP contribution is 2.27. The van der Waals surface area contributed by atoms with E-state index in [1.165, 1.54) is 0 Å². The number of aliphatic hydroxyl groups is 1. The van der Waals surface area contributed by atoms with Gasteiger partial charge in [-0.3, -0.25) is 4.79 Å². The van der Waals surface area contributed by atoms with Crippen LogP contribution in [0.4, 0.5) is 0 Å². The molecular formula is C19H30ClN3O2.